The summed E-state index contributed by atoms with van der Waals surface area (Å²) in [5, 5.41) is 20.1. The number of imidazole rings is 2. The van der Waals surface area contributed by atoms with Crippen molar-refractivity contribution in [1.29, 1.82) is 0 Å². The van der Waals surface area contributed by atoms with Crippen LogP contribution in [0.4, 0.5) is 32.3 Å². The van der Waals surface area contributed by atoms with Crippen molar-refractivity contribution in [3.8, 4) is 23.7 Å². The summed E-state index contributed by atoms with van der Waals surface area (Å²) in [5.74, 6) is 12.3. The number of aromatic nitrogens is 4. The minimum Gasteiger partial charge on any atom is -0.396 e. The number of urea groups is 2. The predicted molar refractivity (Wildman–Crippen MR) is 260 cm³/mol. The van der Waals surface area contributed by atoms with Gasteiger partial charge >= 0.3 is 12.1 Å². The second kappa shape index (κ2) is 19.5. The maximum atomic E-state index is 12.9. The zero-order valence-corrected chi connectivity index (χ0v) is 36.1. The van der Waals surface area contributed by atoms with Crippen molar-refractivity contribution in [1.82, 2.24) is 28.8 Å². The molecule has 0 saturated heterocycles. The molecule has 67 heavy (non-hydrogen) atoms. The highest BCUT2D eigenvalue weighted by Crippen LogP contribution is 2.30. The molecule has 0 aliphatic carbocycles. The number of amides is 5. The Kier molecular flexibility index (Phi) is 12.5. The number of hydrazone groups is 2. The largest absolute Gasteiger partial charge is 0.396 e. The van der Waals surface area contributed by atoms with Gasteiger partial charge in [-0.1, -0.05) is 84.6 Å². The second-order valence-corrected chi connectivity index (χ2v) is 15.4. The number of anilines is 4. The number of carbonyl (C=O) groups is 3. The lowest BCUT2D eigenvalue weighted by atomic mass is 10.1. The summed E-state index contributed by atoms with van der Waals surface area (Å²) in [7, 11) is 0. The highest BCUT2D eigenvalue weighted by atomic mass is 16.2. The smallest absolute Gasteiger partial charge is 0.342 e. The number of rotatable bonds is 5. The first-order valence-corrected chi connectivity index (χ1v) is 21.3. The molecule has 2 aliphatic heterocycles. The molecule has 6 heterocycles. The van der Waals surface area contributed by atoms with Crippen LogP contribution >= 0.6 is 0 Å². The Morgan fingerprint density at radius 3 is 1.58 bits per heavy atom. The molecule has 2 atom stereocenters. The molecule has 5 N–H and O–H groups in total. The third kappa shape index (κ3) is 9.87. The number of nitrogens with one attached hydrogen (secondary N) is 3. The quantitative estimate of drug-likeness (QED) is 0.125. The van der Waals surface area contributed by atoms with Crippen LogP contribution in [0.25, 0.3) is 11.3 Å². The van der Waals surface area contributed by atoms with E-state index in [4.69, 9.17) is 5.73 Å². The van der Waals surface area contributed by atoms with Crippen molar-refractivity contribution >= 4 is 64.4 Å². The van der Waals surface area contributed by atoms with Crippen molar-refractivity contribution in [2.45, 2.75) is 31.8 Å². The molecule has 4 aromatic heterocycles. The summed E-state index contributed by atoms with van der Waals surface area (Å²) in [6, 6.07) is 40.9. The molecule has 2 unspecified atom stereocenters. The Hall–Kier alpha value is -9.47. The molecular weight excluding hydrogens is 841 g/mol. The van der Waals surface area contributed by atoms with Gasteiger partial charge < -0.3 is 21.7 Å². The van der Waals surface area contributed by atoms with E-state index in [1.807, 2.05) is 143 Å². The van der Waals surface area contributed by atoms with Crippen molar-refractivity contribution < 1.29 is 14.4 Å². The van der Waals surface area contributed by atoms with Crippen LogP contribution in [-0.2, 0) is 4.79 Å². The van der Waals surface area contributed by atoms with E-state index in [1.54, 1.807) is 37.0 Å². The zero-order chi connectivity index (χ0) is 46.1. The summed E-state index contributed by atoms with van der Waals surface area (Å²) >= 11 is 0. The fourth-order valence-electron chi connectivity index (χ4n) is 7.62. The monoisotopic (exact) mass is 882 g/mol. The highest BCUT2D eigenvalue weighted by Gasteiger charge is 2.29. The van der Waals surface area contributed by atoms with Gasteiger partial charge in [0.1, 0.15) is 11.4 Å². The van der Waals surface area contributed by atoms with Crippen molar-refractivity contribution in [2.24, 2.45) is 10.2 Å². The molecule has 0 saturated carbocycles. The number of nitrogen functional groups attached to an aromatic ring is 1. The van der Waals surface area contributed by atoms with E-state index in [0.29, 0.717) is 52.6 Å². The highest BCUT2D eigenvalue weighted by molar-refractivity contribution is 5.93. The summed E-state index contributed by atoms with van der Waals surface area (Å²) in [5.41, 5.74) is 14.8. The number of nitrogens with zero attached hydrogens (tertiary/aromatic N) is 8. The van der Waals surface area contributed by atoms with Gasteiger partial charge in [-0.2, -0.15) is 10.2 Å². The molecular formula is C52H42N12O3. The standard InChI is InChI=1S/C27H22N6O2.C25H20N6O/c1-19(34)30-24-11-6-16-32-23(18-28-26(24)32)13-12-20-7-5-10-22(17-20)31-27(35)33-25(14-15-29-33)21-8-3-2-4-9-21;26-22-10-5-15-30-21(17-27-24(22)30)12-11-18-6-4-9-20(16-18)29-25(32)31-23(13-14-28-31)19-7-2-1-3-8-19/h2-11,15-18,25H,14H2,1H3,(H,30,34)(H,31,35);1-10,14-17,23H,13,26H2,(H,29,32). The SMILES string of the molecule is CC(=O)Nc1cccn2c(C#Cc3cccc(NC(=O)N4N=CCC4c4ccccc4)c3)cnc12.Nc1cccn2c(C#Cc3cccc(NC(=O)N4N=CCC4c4ccccc4)c3)cnc12. The predicted octanol–water partition coefficient (Wildman–Crippen LogP) is 8.94. The van der Waals surface area contributed by atoms with Crippen LogP contribution in [0.3, 0.4) is 0 Å². The van der Waals surface area contributed by atoms with E-state index >= 15 is 0 Å². The topological polar surface area (TPSA) is 179 Å². The van der Waals surface area contributed by atoms with E-state index in [0.717, 1.165) is 27.9 Å². The van der Waals surface area contributed by atoms with Crippen LogP contribution in [0.1, 0.15) is 65.5 Å². The molecule has 0 radical (unpaired) electrons. The molecule has 0 fully saturated rings. The fraction of sp³-hybridized carbons (Fsp3) is 0.0962. The lowest BCUT2D eigenvalue weighted by Gasteiger charge is -2.22. The molecule has 15 nitrogen and oxygen atoms in total. The number of carbonyl (C=O) groups excluding carboxylic acids is 3. The van der Waals surface area contributed by atoms with E-state index in [9.17, 15) is 14.4 Å². The molecule has 15 heteroatoms. The molecule has 8 aromatic rings. The molecule has 10 rings (SSSR count). The van der Waals surface area contributed by atoms with Gasteiger partial charge in [-0.3, -0.25) is 13.6 Å². The van der Waals surface area contributed by atoms with Crippen molar-refractivity contribution in [3.63, 3.8) is 0 Å². The average Bonchev–Trinajstić information content (AvgIpc) is 4.19. The fourth-order valence-corrected chi connectivity index (χ4v) is 7.62. The molecule has 328 valence electrons. The molecule has 2 aliphatic rings. The lowest BCUT2D eigenvalue weighted by Crippen LogP contribution is -2.31. The Bertz CT molecular complexity index is 3320. The molecule has 5 amide bonds. The first-order valence-electron chi connectivity index (χ1n) is 21.3. The van der Waals surface area contributed by atoms with Gasteiger partial charge in [0.25, 0.3) is 0 Å². The second-order valence-electron chi connectivity index (χ2n) is 15.4. The molecule has 4 aromatic carbocycles. The van der Waals surface area contributed by atoms with Crippen LogP contribution in [-0.4, -0.2) is 59.2 Å². The first kappa shape index (κ1) is 42.8. The van der Waals surface area contributed by atoms with Crippen LogP contribution in [0, 0.1) is 23.7 Å². The summed E-state index contributed by atoms with van der Waals surface area (Å²) in [6.07, 6.45) is 12.0. The minimum atomic E-state index is -0.301. The van der Waals surface area contributed by atoms with Gasteiger partial charge in [-0.25, -0.2) is 29.6 Å². The Morgan fingerprint density at radius 2 is 1.06 bits per heavy atom. The van der Waals surface area contributed by atoms with Crippen LogP contribution < -0.4 is 21.7 Å². The number of pyridine rings is 2. The van der Waals surface area contributed by atoms with Crippen LogP contribution in [0.2, 0.25) is 0 Å². The molecule has 0 bridgehead atoms. The van der Waals surface area contributed by atoms with E-state index in [-0.39, 0.29) is 30.1 Å². The third-order valence-corrected chi connectivity index (χ3v) is 10.8. The van der Waals surface area contributed by atoms with Gasteiger partial charge in [0.2, 0.25) is 5.91 Å². The average molecular weight is 883 g/mol. The number of benzene rings is 4. The van der Waals surface area contributed by atoms with Gasteiger partial charge in [-0.15, -0.1) is 0 Å². The normalized spacial score (nSPS) is 14.6. The van der Waals surface area contributed by atoms with Gasteiger partial charge in [0.15, 0.2) is 11.3 Å². The van der Waals surface area contributed by atoms with Gasteiger partial charge in [-0.05, 0) is 83.6 Å². The lowest BCUT2D eigenvalue weighted by molar-refractivity contribution is -0.114. The van der Waals surface area contributed by atoms with Crippen molar-refractivity contribution in [2.75, 3.05) is 21.7 Å². The summed E-state index contributed by atoms with van der Waals surface area (Å²) in [6.45, 7) is 1.46. The number of fused-ring (bicyclic) bond motifs is 2. The maximum absolute atomic E-state index is 12.9. The van der Waals surface area contributed by atoms with Crippen LogP contribution in [0.15, 0.2) is 168 Å². The summed E-state index contributed by atoms with van der Waals surface area (Å²) < 4.78 is 3.67. The van der Waals surface area contributed by atoms with Gasteiger partial charge in [0.05, 0.1) is 35.9 Å². The summed E-state index contributed by atoms with van der Waals surface area (Å²) in [4.78, 5) is 46.0. The van der Waals surface area contributed by atoms with E-state index < -0.39 is 0 Å². The third-order valence-electron chi connectivity index (χ3n) is 10.8. The van der Waals surface area contributed by atoms with Crippen molar-refractivity contribution in [3.05, 3.63) is 192 Å². The number of hydrogen-bond donors (Lipinski definition) is 4. The van der Waals surface area contributed by atoms with Crippen LogP contribution in [0.5, 0.6) is 0 Å². The van der Waals surface area contributed by atoms with Gasteiger partial charge in [0, 0.05) is 67.1 Å². The Morgan fingerprint density at radius 1 is 0.567 bits per heavy atom. The van der Waals surface area contributed by atoms with E-state index in [2.05, 4.69) is 59.8 Å². The Balaban J connectivity index is 0.000000169. The first-order chi connectivity index (χ1) is 32.8. The number of nitrogens with two attached hydrogens (primary N) is 1. The van der Waals surface area contributed by atoms with E-state index in [1.165, 1.54) is 16.9 Å². The maximum Gasteiger partial charge on any atom is 0.342 e. The molecule has 0 spiro atoms. The number of hydrogen-bond acceptors (Lipinski definition) is 8. The zero-order valence-electron chi connectivity index (χ0n) is 36.1. The Labute approximate surface area is 385 Å². The minimum absolute atomic E-state index is 0.109.